The Morgan fingerprint density at radius 3 is 2.56 bits per heavy atom. The van der Waals surface area contributed by atoms with Crippen LogP contribution in [0.3, 0.4) is 0 Å². The van der Waals surface area contributed by atoms with Gasteiger partial charge < -0.3 is 15.0 Å². The molecule has 2 atom stereocenters. The molecular weight excluding hydrogens is 421 g/mol. The number of ether oxygens (including phenoxy) is 1. The van der Waals surface area contributed by atoms with Crippen LogP contribution in [0.15, 0.2) is 48.5 Å². The standard InChI is InChI=1S/C24H25F3N2O3/c1-2-29-14-13-23(12-11-21(29)30)15-19(18-5-3-4-6-20(18)32-23)28-22(31)16-7-9-17(10-8-16)24(25,26)27/h3-10,19H,2,11-15H2,1H3,(H,28,31)/t19-,23+/m1/s1. The quantitative estimate of drug-likeness (QED) is 0.742. The van der Waals surface area contributed by atoms with Crippen LogP contribution in [-0.2, 0) is 11.0 Å². The molecule has 4 rings (SSSR count). The van der Waals surface area contributed by atoms with Crippen molar-refractivity contribution in [3.05, 3.63) is 65.2 Å². The van der Waals surface area contributed by atoms with E-state index in [1.807, 2.05) is 36.1 Å². The summed E-state index contributed by atoms with van der Waals surface area (Å²) in [5.74, 6) is 0.307. The maximum absolute atomic E-state index is 12.9. The largest absolute Gasteiger partial charge is 0.487 e. The number of amides is 2. The molecule has 0 unspecified atom stereocenters. The van der Waals surface area contributed by atoms with E-state index < -0.39 is 23.2 Å². The Bertz CT molecular complexity index is 1010. The van der Waals surface area contributed by atoms with E-state index in [2.05, 4.69) is 5.32 Å². The number of nitrogens with zero attached hydrogens (tertiary/aromatic N) is 1. The predicted molar refractivity (Wildman–Crippen MR) is 112 cm³/mol. The summed E-state index contributed by atoms with van der Waals surface area (Å²) in [4.78, 5) is 27.1. The van der Waals surface area contributed by atoms with Gasteiger partial charge in [0.05, 0.1) is 11.6 Å². The topological polar surface area (TPSA) is 58.6 Å². The van der Waals surface area contributed by atoms with Crippen molar-refractivity contribution in [1.29, 1.82) is 0 Å². The third-order valence-corrected chi connectivity index (χ3v) is 6.34. The first kappa shape index (κ1) is 22.2. The summed E-state index contributed by atoms with van der Waals surface area (Å²) in [5.41, 5.74) is -0.412. The number of hydrogen-bond donors (Lipinski definition) is 1. The van der Waals surface area contributed by atoms with E-state index in [1.165, 1.54) is 12.1 Å². The van der Waals surface area contributed by atoms with Gasteiger partial charge in [-0.05, 0) is 43.7 Å². The molecule has 0 aliphatic carbocycles. The first-order valence-electron chi connectivity index (χ1n) is 10.7. The van der Waals surface area contributed by atoms with Gasteiger partial charge in [0.1, 0.15) is 11.4 Å². The zero-order valence-electron chi connectivity index (χ0n) is 17.7. The molecule has 1 fully saturated rings. The average molecular weight is 446 g/mol. The summed E-state index contributed by atoms with van der Waals surface area (Å²) < 4.78 is 44.9. The molecule has 1 N–H and O–H groups in total. The lowest BCUT2D eigenvalue weighted by Gasteiger charge is -2.42. The molecule has 2 aliphatic heterocycles. The van der Waals surface area contributed by atoms with E-state index in [0.717, 1.165) is 17.7 Å². The first-order valence-corrected chi connectivity index (χ1v) is 10.7. The van der Waals surface area contributed by atoms with Crippen molar-refractivity contribution in [2.75, 3.05) is 13.1 Å². The van der Waals surface area contributed by atoms with Gasteiger partial charge in [0.2, 0.25) is 5.91 Å². The number of carbonyl (C=O) groups excluding carboxylic acids is 2. The van der Waals surface area contributed by atoms with Crippen LogP contribution < -0.4 is 10.1 Å². The minimum Gasteiger partial charge on any atom is -0.487 e. The zero-order chi connectivity index (χ0) is 22.9. The van der Waals surface area contributed by atoms with Gasteiger partial charge in [-0.3, -0.25) is 9.59 Å². The lowest BCUT2D eigenvalue weighted by atomic mass is 9.82. The number of nitrogens with one attached hydrogen (secondary N) is 1. The summed E-state index contributed by atoms with van der Waals surface area (Å²) in [6.07, 6.45) is -2.40. The second kappa shape index (κ2) is 8.48. The third-order valence-electron chi connectivity index (χ3n) is 6.34. The second-order valence-corrected chi connectivity index (χ2v) is 8.35. The van der Waals surface area contributed by atoms with Crippen LogP contribution in [0.5, 0.6) is 5.75 Å². The molecule has 32 heavy (non-hydrogen) atoms. The van der Waals surface area contributed by atoms with E-state index in [-0.39, 0.29) is 17.5 Å². The molecule has 0 radical (unpaired) electrons. The van der Waals surface area contributed by atoms with Crippen molar-refractivity contribution < 1.29 is 27.5 Å². The monoisotopic (exact) mass is 446 g/mol. The smallest absolute Gasteiger partial charge is 0.416 e. The molecule has 5 nitrogen and oxygen atoms in total. The molecule has 170 valence electrons. The van der Waals surface area contributed by atoms with Crippen LogP contribution >= 0.6 is 0 Å². The SMILES string of the molecule is CCN1CC[C@@]2(CCC1=O)C[C@@H](NC(=O)c1ccc(C(F)(F)F)cc1)c1ccccc1O2. The average Bonchev–Trinajstić information content (AvgIpc) is 2.92. The van der Waals surface area contributed by atoms with E-state index in [4.69, 9.17) is 4.74 Å². The van der Waals surface area contributed by atoms with Gasteiger partial charge in [-0.25, -0.2) is 0 Å². The van der Waals surface area contributed by atoms with E-state index in [9.17, 15) is 22.8 Å². The van der Waals surface area contributed by atoms with Gasteiger partial charge >= 0.3 is 6.18 Å². The van der Waals surface area contributed by atoms with Gasteiger partial charge in [-0.1, -0.05) is 18.2 Å². The molecule has 0 saturated carbocycles. The normalized spacial score (nSPS) is 23.3. The number of likely N-dealkylation sites (tertiary alicyclic amines) is 1. The van der Waals surface area contributed by atoms with Crippen LogP contribution in [-0.4, -0.2) is 35.4 Å². The minimum absolute atomic E-state index is 0.0946. The van der Waals surface area contributed by atoms with Crippen LogP contribution in [0.1, 0.15) is 60.1 Å². The van der Waals surface area contributed by atoms with Crippen molar-refractivity contribution in [1.82, 2.24) is 10.2 Å². The number of hydrogen-bond acceptors (Lipinski definition) is 3. The Hall–Kier alpha value is -3.03. The molecular formula is C24H25F3N2O3. The minimum atomic E-state index is -4.45. The molecule has 2 aromatic carbocycles. The van der Waals surface area contributed by atoms with E-state index in [1.54, 1.807) is 0 Å². The van der Waals surface area contributed by atoms with Crippen molar-refractivity contribution in [3.63, 3.8) is 0 Å². The van der Waals surface area contributed by atoms with Gasteiger partial charge in [-0.2, -0.15) is 13.2 Å². The fraction of sp³-hybridized carbons (Fsp3) is 0.417. The van der Waals surface area contributed by atoms with Crippen molar-refractivity contribution in [2.45, 2.75) is 50.4 Å². The van der Waals surface area contributed by atoms with Crippen LogP contribution in [0.4, 0.5) is 13.2 Å². The number of halogens is 3. The maximum atomic E-state index is 12.9. The Kier molecular flexibility index (Phi) is 5.88. The number of carbonyl (C=O) groups is 2. The summed E-state index contributed by atoms with van der Waals surface area (Å²) in [6.45, 7) is 3.16. The van der Waals surface area contributed by atoms with Crippen LogP contribution in [0, 0.1) is 0 Å². The summed E-state index contributed by atoms with van der Waals surface area (Å²) >= 11 is 0. The molecule has 2 aromatic rings. The van der Waals surface area contributed by atoms with Crippen molar-refractivity contribution in [2.24, 2.45) is 0 Å². The second-order valence-electron chi connectivity index (χ2n) is 8.35. The van der Waals surface area contributed by atoms with Gasteiger partial charge in [0.15, 0.2) is 0 Å². The van der Waals surface area contributed by atoms with E-state index >= 15 is 0 Å². The highest BCUT2D eigenvalue weighted by atomic mass is 19.4. The number of alkyl halides is 3. The Labute approximate surface area is 184 Å². The molecule has 2 heterocycles. The number of fused-ring (bicyclic) bond motifs is 1. The van der Waals surface area contributed by atoms with Crippen LogP contribution in [0.2, 0.25) is 0 Å². The molecule has 2 amide bonds. The molecule has 0 aromatic heterocycles. The summed E-state index contributed by atoms with van der Waals surface area (Å²) in [5, 5.41) is 2.98. The Balaban J connectivity index is 1.57. The zero-order valence-corrected chi connectivity index (χ0v) is 17.7. The molecule has 1 spiro atoms. The lowest BCUT2D eigenvalue weighted by Crippen LogP contribution is -2.46. The lowest BCUT2D eigenvalue weighted by molar-refractivity contribution is -0.137. The molecule has 0 bridgehead atoms. The number of para-hydroxylation sites is 1. The Morgan fingerprint density at radius 1 is 1.16 bits per heavy atom. The van der Waals surface area contributed by atoms with Crippen LogP contribution in [0.25, 0.3) is 0 Å². The highest BCUT2D eigenvalue weighted by molar-refractivity contribution is 5.94. The highest BCUT2D eigenvalue weighted by Gasteiger charge is 2.43. The maximum Gasteiger partial charge on any atom is 0.416 e. The highest BCUT2D eigenvalue weighted by Crippen LogP contribution is 2.44. The van der Waals surface area contributed by atoms with Crippen molar-refractivity contribution >= 4 is 11.8 Å². The molecule has 8 heteroatoms. The number of benzene rings is 2. The third kappa shape index (κ3) is 4.45. The van der Waals surface area contributed by atoms with E-state index in [0.29, 0.717) is 44.5 Å². The first-order chi connectivity index (χ1) is 15.2. The summed E-state index contributed by atoms with van der Waals surface area (Å²) in [7, 11) is 0. The van der Waals surface area contributed by atoms with Gasteiger partial charge in [0, 0.05) is 43.5 Å². The number of rotatable bonds is 3. The summed E-state index contributed by atoms with van der Waals surface area (Å²) in [6, 6.07) is 11.2. The molecule has 1 saturated heterocycles. The Morgan fingerprint density at radius 2 is 1.88 bits per heavy atom. The van der Waals surface area contributed by atoms with Crippen molar-refractivity contribution in [3.8, 4) is 5.75 Å². The van der Waals surface area contributed by atoms with Gasteiger partial charge in [0.25, 0.3) is 5.91 Å². The predicted octanol–water partition coefficient (Wildman–Crippen LogP) is 4.73. The molecule has 2 aliphatic rings. The fourth-order valence-electron chi connectivity index (χ4n) is 4.52. The van der Waals surface area contributed by atoms with Gasteiger partial charge in [-0.15, -0.1) is 0 Å². The fourth-order valence-corrected chi connectivity index (χ4v) is 4.52.